The number of nitrogens with one attached hydrogen (secondary N) is 1. The molecule has 0 radical (unpaired) electrons. The zero-order valence-corrected chi connectivity index (χ0v) is 12.7. The number of ketones is 1. The molecule has 1 aromatic rings. The number of likely N-dealkylation sites (tertiary alicyclic amines) is 1. The van der Waals surface area contributed by atoms with Crippen molar-refractivity contribution in [2.45, 2.75) is 38.6 Å². The third-order valence-corrected chi connectivity index (χ3v) is 3.93. The Bertz CT molecular complexity index is 467. The van der Waals surface area contributed by atoms with Gasteiger partial charge in [0.25, 0.3) is 0 Å². The van der Waals surface area contributed by atoms with Crippen molar-refractivity contribution < 1.29 is 9.59 Å². The van der Waals surface area contributed by atoms with Crippen LogP contribution in [0.25, 0.3) is 0 Å². The van der Waals surface area contributed by atoms with Crippen molar-refractivity contribution in [2.75, 3.05) is 19.6 Å². The molecule has 4 heteroatoms. The van der Waals surface area contributed by atoms with Crippen LogP contribution in [0.2, 0.25) is 0 Å². The molecule has 1 fully saturated rings. The number of amides is 1. The highest BCUT2D eigenvalue weighted by atomic mass is 16.2. The minimum atomic E-state index is -0.424. The Hall–Kier alpha value is -1.68. The molecule has 2 rings (SSSR count). The predicted octanol–water partition coefficient (Wildman–Crippen LogP) is 2.25. The molecule has 1 unspecified atom stereocenters. The number of benzene rings is 1. The van der Waals surface area contributed by atoms with Gasteiger partial charge < -0.3 is 10.2 Å². The second-order valence-corrected chi connectivity index (χ2v) is 5.67. The maximum absolute atomic E-state index is 12.5. The van der Waals surface area contributed by atoms with Crippen molar-refractivity contribution in [3.63, 3.8) is 0 Å². The lowest BCUT2D eigenvalue weighted by Crippen LogP contribution is -2.43. The first kappa shape index (κ1) is 15.7. The fraction of sp³-hybridized carbons (Fsp3) is 0.529. The molecular weight excluding hydrogens is 264 g/mol. The Balaban J connectivity index is 1.96. The molecule has 1 aromatic carbocycles. The van der Waals surface area contributed by atoms with E-state index in [1.165, 1.54) is 26.2 Å². The van der Waals surface area contributed by atoms with Crippen LogP contribution in [-0.4, -0.2) is 42.3 Å². The van der Waals surface area contributed by atoms with Crippen LogP contribution in [0.4, 0.5) is 0 Å². The van der Waals surface area contributed by atoms with Gasteiger partial charge in [0.15, 0.2) is 5.78 Å². The molecule has 114 valence electrons. The second-order valence-electron chi connectivity index (χ2n) is 5.67. The molecule has 1 atom stereocenters. The SMILES string of the molecule is CC(=O)NC(CCN1CCCCC1)C(=O)c1ccccc1. The Morgan fingerprint density at radius 1 is 1.14 bits per heavy atom. The van der Waals surface area contributed by atoms with E-state index >= 15 is 0 Å². The van der Waals surface area contributed by atoms with Crippen LogP contribution >= 0.6 is 0 Å². The van der Waals surface area contributed by atoms with Crippen LogP contribution in [0.1, 0.15) is 43.0 Å². The minimum Gasteiger partial charge on any atom is -0.346 e. The van der Waals surface area contributed by atoms with E-state index in [2.05, 4.69) is 10.2 Å². The molecule has 1 heterocycles. The van der Waals surface area contributed by atoms with E-state index < -0.39 is 6.04 Å². The van der Waals surface area contributed by atoms with Crippen molar-refractivity contribution >= 4 is 11.7 Å². The number of hydrogen-bond donors (Lipinski definition) is 1. The number of nitrogens with zero attached hydrogens (tertiary/aromatic N) is 1. The summed E-state index contributed by atoms with van der Waals surface area (Å²) in [5.74, 6) is -0.147. The molecule has 0 bridgehead atoms. The second kappa shape index (κ2) is 7.93. The molecule has 1 aliphatic heterocycles. The molecule has 1 aliphatic rings. The average molecular weight is 288 g/mol. The van der Waals surface area contributed by atoms with Crippen molar-refractivity contribution in [3.05, 3.63) is 35.9 Å². The third kappa shape index (κ3) is 4.97. The Labute approximate surface area is 126 Å². The molecule has 21 heavy (non-hydrogen) atoms. The van der Waals surface area contributed by atoms with Gasteiger partial charge in [0.1, 0.15) is 0 Å². The normalized spacial score (nSPS) is 17.2. The van der Waals surface area contributed by atoms with Gasteiger partial charge >= 0.3 is 0 Å². The van der Waals surface area contributed by atoms with Gasteiger partial charge in [-0.1, -0.05) is 36.8 Å². The highest BCUT2D eigenvalue weighted by Crippen LogP contribution is 2.12. The molecule has 0 aliphatic carbocycles. The largest absolute Gasteiger partial charge is 0.346 e. The van der Waals surface area contributed by atoms with Crippen molar-refractivity contribution in [3.8, 4) is 0 Å². The molecule has 1 N–H and O–H groups in total. The summed E-state index contributed by atoms with van der Waals surface area (Å²) in [6, 6.07) is 8.77. The van der Waals surface area contributed by atoms with E-state index in [0.717, 1.165) is 19.6 Å². The van der Waals surface area contributed by atoms with Gasteiger partial charge in [0, 0.05) is 19.0 Å². The highest BCUT2D eigenvalue weighted by molar-refractivity contribution is 6.01. The minimum absolute atomic E-state index is 0.00260. The average Bonchev–Trinajstić information content (AvgIpc) is 2.52. The van der Waals surface area contributed by atoms with Crippen molar-refractivity contribution in [1.29, 1.82) is 0 Å². The van der Waals surface area contributed by atoms with Gasteiger partial charge in [-0.15, -0.1) is 0 Å². The summed E-state index contributed by atoms with van der Waals surface area (Å²) in [5, 5.41) is 2.80. The summed E-state index contributed by atoms with van der Waals surface area (Å²) in [4.78, 5) is 26.3. The van der Waals surface area contributed by atoms with Gasteiger partial charge in [-0.25, -0.2) is 0 Å². The Kier molecular flexibility index (Phi) is 5.93. The topological polar surface area (TPSA) is 49.4 Å². The molecule has 0 aromatic heterocycles. The Morgan fingerprint density at radius 2 is 1.81 bits per heavy atom. The summed E-state index contributed by atoms with van der Waals surface area (Å²) in [7, 11) is 0. The first-order valence-corrected chi connectivity index (χ1v) is 7.75. The lowest BCUT2D eigenvalue weighted by Gasteiger charge is -2.28. The third-order valence-electron chi connectivity index (χ3n) is 3.93. The number of piperidine rings is 1. The summed E-state index contributed by atoms with van der Waals surface area (Å²) >= 11 is 0. The van der Waals surface area contributed by atoms with E-state index in [-0.39, 0.29) is 11.7 Å². The lowest BCUT2D eigenvalue weighted by molar-refractivity contribution is -0.119. The van der Waals surface area contributed by atoms with Gasteiger partial charge in [-0.3, -0.25) is 9.59 Å². The van der Waals surface area contributed by atoms with Crippen LogP contribution in [0.5, 0.6) is 0 Å². The van der Waals surface area contributed by atoms with Crippen LogP contribution in [0, 0.1) is 0 Å². The zero-order chi connectivity index (χ0) is 15.1. The maximum Gasteiger partial charge on any atom is 0.217 e. The van der Waals surface area contributed by atoms with Gasteiger partial charge in [-0.2, -0.15) is 0 Å². The number of carbonyl (C=O) groups excluding carboxylic acids is 2. The monoisotopic (exact) mass is 288 g/mol. The summed E-state index contributed by atoms with van der Waals surface area (Å²) < 4.78 is 0. The molecule has 4 nitrogen and oxygen atoms in total. The summed E-state index contributed by atoms with van der Waals surface area (Å²) in [5.41, 5.74) is 0.662. The molecule has 1 saturated heterocycles. The maximum atomic E-state index is 12.5. The fourth-order valence-corrected chi connectivity index (χ4v) is 2.81. The van der Waals surface area contributed by atoms with Gasteiger partial charge in [0.2, 0.25) is 5.91 Å². The number of hydrogen-bond acceptors (Lipinski definition) is 3. The van der Waals surface area contributed by atoms with Gasteiger partial charge in [0.05, 0.1) is 6.04 Å². The Morgan fingerprint density at radius 3 is 2.43 bits per heavy atom. The fourth-order valence-electron chi connectivity index (χ4n) is 2.81. The molecular formula is C17H24N2O2. The first-order valence-electron chi connectivity index (χ1n) is 7.75. The predicted molar refractivity (Wildman–Crippen MR) is 83.3 cm³/mol. The smallest absolute Gasteiger partial charge is 0.217 e. The van der Waals surface area contributed by atoms with E-state index in [9.17, 15) is 9.59 Å². The van der Waals surface area contributed by atoms with Crippen LogP contribution in [-0.2, 0) is 4.79 Å². The van der Waals surface area contributed by atoms with E-state index in [0.29, 0.717) is 12.0 Å². The van der Waals surface area contributed by atoms with Crippen LogP contribution in [0.3, 0.4) is 0 Å². The van der Waals surface area contributed by atoms with E-state index in [1.807, 2.05) is 18.2 Å². The molecule has 1 amide bonds. The quantitative estimate of drug-likeness (QED) is 0.817. The number of rotatable bonds is 6. The highest BCUT2D eigenvalue weighted by Gasteiger charge is 2.22. The molecule has 0 spiro atoms. The standard InChI is InChI=1S/C17H24N2O2/c1-14(20)18-16(10-13-19-11-6-3-7-12-19)17(21)15-8-4-2-5-9-15/h2,4-5,8-9,16H,3,6-7,10-13H2,1H3,(H,18,20). The number of Topliss-reactive ketones (excluding diaryl/α,β-unsaturated/α-hetero) is 1. The van der Waals surface area contributed by atoms with Crippen molar-refractivity contribution in [1.82, 2.24) is 10.2 Å². The van der Waals surface area contributed by atoms with Crippen LogP contribution < -0.4 is 5.32 Å². The molecule has 0 saturated carbocycles. The van der Waals surface area contributed by atoms with Crippen LogP contribution in [0.15, 0.2) is 30.3 Å². The summed E-state index contributed by atoms with van der Waals surface area (Å²) in [6.07, 6.45) is 4.44. The first-order chi connectivity index (χ1) is 10.2. The zero-order valence-electron chi connectivity index (χ0n) is 12.7. The number of carbonyl (C=O) groups is 2. The summed E-state index contributed by atoms with van der Waals surface area (Å²) in [6.45, 7) is 4.54. The lowest BCUT2D eigenvalue weighted by atomic mass is 10.0. The van der Waals surface area contributed by atoms with Gasteiger partial charge in [-0.05, 0) is 32.4 Å². The van der Waals surface area contributed by atoms with E-state index in [1.54, 1.807) is 12.1 Å². The van der Waals surface area contributed by atoms with Crippen molar-refractivity contribution in [2.24, 2.45) is 0 Å². The van der Waals surface area contributed by atoms with E-state index in [4.69, 9.17) is 0 Å².